The molecule has 1 amide bonds. The minimum absolute atomic E-state index is 0.0329. The highest BCUT2D eigenvalue weighted by Gasteiger charge is 2.23. The molecule has 132 valence electrons. The van der Waals surface area contributed by atoms with Crippen molar-refractivity contribution in [2.45, 2.75) is 18.8 Å². The fraction of sp³-hybridized carbons (Fsp3) is 0.333. The Balaban J connectivity index is 1.53. The maximum Gasteiger partial charge on any atom is 0.238 e. The first kappa shape index (κ1) is 17.4. The van der Waals surface area contributed by atoms with Crippen LogP contribution in [0.5, 0.6) is 0 Å². The van der Waals surface area contributed by atoms with Gasteiger partial charge in [-0.2, -0.15) is 0 Å². The Morgan fingerprint density at radius 2 is 1.84 bits per heavy atom. The molecule has 4 nitrogen and oxygen atoms in total. The molecule has 1 aromatic carbocycles. The van der Waals surface area contributed by atoms with Crippen LogP contribution in [-0.2, 0) is 4.79 Å². The number of aromatic nitrogens is 1. The third-order valence-corrected chi connectivity index (χ3v) is 4.33. The zero-order valence-electron chi connectivity index (χ0n) is 13.5. The van der Waals surface area contributed by atoms with E-state index in [1.54, 1.807) is 6.20 Å². The Bertz CT molecular complexity index is 723. The van der Waals surface area contributed by atoms with Gasteiger partial charge in [-0.15, -0.1) is 0 Å². The second-order valence-corrected chi connectivity index (χ2v) is 6.10. The number of piperidine rings is 1. The lowest BCUT2D eigenvalue weighted by molar-refractivity contribution is -0.117. The highest BCUT2D eigenvalue weighted by Crippen LogP contribution is 2.26. The number of carbonyl (C=O) groups excluding carboxylic acids is 1. The average molecular weight is 349 g/mol. The van der Waals surface area contributed by atoms with E-state index in [-0.39, 0.29) is 6.54 Å². The SMILES string of the molecule is O=C(CN1CCC(c2ccccn2)CC1)Nc1c(F)cc(F)cc1F. The summed E-state index contributed by atoms with van der Waals surface area (Å²) in [6.45, 7) is 1.43. The summed E-state index contributed by atoms with van der Waals surface area (Å²) in [5.41, 5.74) is 0.428. The summed E-state index contributed by atoms with van der Waals surface area (Å²) >= 11 is 0. The van der Waals surface area contributed by atoms with Gasteiger partial charge in [-0.05, 0) is 38.1 Å². The summed E-state index contributed by atoms with van der Waals surface area (Å²) < 4.78 is 40.0. The van der Waals surface area contributed by atoms with Crippen molar-refractivity contribution < 1.29 is 18.0 Å². The van der Waals surface area contributed by atoms with Crippen LogP contribution in [-0.4, -0.2) is 35.4 Å². The molecule has 3 rings (SSSR count). The van der Waals surface area contributed by atoms with Gasteiger partial charge in [0.1, 0.15) is 11.5 Å². The van der Waals surface area contributed by atoms with Gasteiger partial charge < -0.3 is 5.32 Å². The number of hydrogen-bond acceptors (Lipinski definition) is 3. The van der Waals surface area contributed by atoms with Crippen LogP contribution in [0.3, 0.4) is 0 Å². The Morgan fingerprint density at radius 3 is 2.44 bits per heavy atom. The second-order valence-electron chi connectivity index (χ2n) is 6.10. The zero-order chi connectivity index (χ0) is 17.8. The summed E-state index contributed by atoms with van der Waals surface area (Å²) in [7, 11) is 0. The molecule has 0 spiro atoms. The molecule has 1 aliphatic heterocycles. The molecule has 1 N–H and O–H groups in total. The summed E-state index contributed by atoms with van der Waals surface area (Å²) in [4.78, 5) is 18.3. The largest absolute Gasteiger partial charge is 0.320 e. The van der Waals surface area contributed by atoms with E-state index in [1.165, 1.54) is 0 Å². The molecule has 2 heterocycles. The van der Waals surface area contributed by atoms with E-state index in [4.69, 9.17) is 0 Å². The molecule has 1 aromatic heterocycles. The standard InChI is InChI=1S/C18H18F3N3O/c19-13-9-14(20)18(15(21)10-13)23-17(25)11-24-7-4-12(5-8-24)16-3-1-2-6-22-16/h1-3,6,9-10,12H,4-5,7-8,11H2,(H,23,25). The Morgan fingerprint density at radius 1 is 1.16 bits per heavy atom. The number of benzene rings is 1. The first-order valence-corrected chi connectivity index (χ1v) is 8.10. The minimum atomic E-state index is -1.13. The van der Waals surface area contributed by atoms with E-state index in [0.717, 1.165) is 18.5 Å². The number of amides is 1. The fourth-order valence-corrected chi connectivity index (χ4v) is 3.05. The number of rotatable bonds is 4. The summed E-state index contributed by atoms with van der Waals surface area (Å²) in [5, 5.41) is 2.19. The molecule has 0 aliphatic carbocycles. The Kier molecular flexibility index (Phi) is 5.33. The monoisotopic (exact) mass is 349 g/mol. The van der Waals surface area contributed by atoms with Crippen LogP contribution in [0.4, 0.5) is 18.9 Å². The van der Waals surface area contributed by atoms with Gasteiger partial charge in [-0.1, -0.05) is 6.07 Å². The summed E-state index contributed by atoms with van der Waals surface area (Å²) in [6, 6.07) is 6.89. The molecule has 0 bridgehead atoms. The molecule has 1 aliphatic rings. The first-order chi connectivity index (χ1) is 12.0. The molecule has 0 radical (unpaired) electrons. The van der Waals surface area contributed by atoms with Crippen LogP contribution in [0, 0.1) is 17.5 Å². The smallest absolute Gasteiger partial charge is 0.238 e. The molecule has 2 aromatic rings. The predicted molar refractivity (Wildman–Crippen MR) is 87.6 cm³/mol. The van der Waals surface area contributed by atoms with Crippen LogP contribution in [0.2, 0.25) is 0 Å². The van der Waals surface area contributed by atoms with Crippen LogP contribution in [0.1, 0.15) is 24.5 Å². The van der Waals surface area contributed by atoms with Gasteiger partial charge in [0.15, 0.2) is 11.6 Å². The summed E-state index contributed by atoms with van der Waals surface area (Å²) in [6.07, 6.45) is 3.49. The highest BCUT2D eigenvalue weighted by molar-refractivity contribution is 5.92. The molecule has 0 unspecified atom stereocenters. The number of anilines is 1. The second kappa shape index (κ2) is 7.65. The average Bonchev–Trinajstić information content (AvgIpc) is 2.59. The van der Waals surface area contributed by atoms with Crippen molar-refractivity contribution in [3.8, 4) is 0 Å². The van der Waals surface area contributed by atoms with E-state index in [2.05, 4.69) is 10.3 Å². The number of nitrogens with one attached hydrogen (secondary N) is 1. The fourth-order valence-electron chi connectivity index (χ4n) is 3.05. The number of pyridine rings is 1. The maximum atomic E-state index is 13.6. The highest BCUT2D eigenvalue weighted by atomic mass is 19.1. The minimum Gasteiger partial charge on any atom is -0.320 e. The lowest BCUT2D eigenvalue weighted by Gasteiger charge is -2.31. The van der Waals surface area contributed by atoms with E-state index in [0.29, 0.717) is 31.1 Å². The van der Waals surface area contributed by atoms with Gasteiger partial charge in [0, 0.05) is 29.9 Å². The summed E-state index contributed by atoms with van der Waals surface area (Å²) in [5.74, 6) is -3.45. The van der Waals surface area contributed by atoms with E-state index in [1.807, 2.05) is 23.1 Å². The normalized spacial score (nSPS) is 16.0. The molecule has 1 saturated heterocycles. The van der Waals surface area contributed by atoms with Crippen molar-refractivity contribution in [3.63, 3.8) is 0 Å². The van der Waals surface area contributed by atoms with Crippen LogP contribution in [0.15, 0.2) is 36.5 Å². The first-order valence-electron chi connectivity index (χ1n) is 8.10. The van der Waals surface area contributed by atoms with E-state index < -0.39 is 29.0 Å². The van der Waals surface area contributed by atoms with Gasteiger partial charge in [-0.25, -0.2) is 13.2 Å². The number of hydrogen-bond donors (Lipinski definition) is 1. The molecule has 0 saturated carbocycles. The Hall–Kier alpha value is -2.41. The Labute approximate surface area is 143 Å². The van der Waals surface area contributed by atoms with Gasteiger partial charge in [0.2, 0.25) is 5.91 Å². The van der Waals surface area contributed by atoms with Crippen molar-refractivity contribution in [2.75, 3.05) is 25.0 Å². The lowest BCUT2D eigenvalue weighted by atomic mass is 9.93. The number of likely N-dealkylation sites (tertiary alicyclic amines) is 1. The van der Waals surface area contributed by atoms with Gasteiger partial charge >= 0.3 is 0 Å². The molecular formula is C18H18F3N3O. The third kappa shape index (κ3) is 4.36. The van der Waals surface area contributed by atoms with Crippen molar-refractivity contribution in [1.29, 1.82) is 0 Å². The number of nitrogens with zero attached hydrogens (tertiary/aromatic N) is 2. The molecule has 7 heteroatoms. The van der Waals surface area contributed by atoms with Crippen molar-refractivity contribution in [1.82, 2.24) is 9.88 Å². The third-order valence-electron chi connectivity index (χ3n) is 4.33. The van der Waals surface area contributed by atoms with Gasteiger partial charge in [0.05, 0.1) is 6.54 Å². The van der Waals surface area contributed by atoms with Crippen molar-refractivity contribution in [2.24, 2.45) is 0 Å². The quantitative estimate of drug-likeness (QED) is 0.921. The molecule has 25 heavy (non-hydrogen) atoms. The van der Waals surface area contributed by atoms with Crippen LogP contribution >= 0.6 is 0 Å². The predicted octanol–water partition coefficient (Wildman–Crippen LogP) is 3.32. The lowest BCUT2D eigenvalue weighted by Crippen LogP contribution is -2.39. The molecule has 1 fully saturated rings. The van der Waals surface area contributed by atoms with Gasteiger partial charge in [-0.3, -0.25) is 14.7 Å². The number of halogens is 3. The van der Waals surface area contributed by atoms with Crippen molar-refractivity contribution in [3.05, 3.63) is 59.7 Å². The van der Waals surface area contributed by atoms with E-state index >= 15 is 0 Å². The van der Waals surface area contributed by atoms with Crippen LogP contribution in [0.25, 0.3) is 0 Å². The molecule has 0 atom stereocenters. The van der Waals surface area contributed by atoms with Crippen LogP contribution < -0.4 is 5.32 Å². The van der Waals surface area contributed by atoms with Crippen molar-refractivity contribution >= 4 is 11.6 Å². The zero-order valence-corrected chi connectivity index (χ0v) is 13.5. The topological polar surface area (TPSA) is 45.2 Å². The van der Waals surface area contributed by atoms with Gasteiger partial charge in [0.25, 0.3) is 0 Å². The van der Waals surface area contributed by atoms with E-state index in [9.17, 15) is 18.0 Å². The number of carbonyl (C=O) groups is 1. The molecular weight excluding hydrogens is 331 g/mol. The maximum absolute atomic E-state index is 13.6.